The van der Waals surface area contributed by atoms with E-state index < -0.39 is 0 Å². The molecule has 96 valence electrons. The topological polar surface area (TPSA) is 39.1 Å². The Morgan fingerprint density at radius 3 is 3.00 bits per heavy atom. The molecule has 1 saturated heterocycles. The molecule has 2 heterocycles. The first-order valence-corrected chi connectivity index (χ1v) is 6.41. The van der Waals surface area contributed by atoms with Crippen molar-refractivity contribution in [2.75, 3.05) is 13.2 Å². The number of hydrogen-bond acceptors (Lipinski definition) is 3. The average molecular weight is 237 g/mol. The standard InChI is InChI=1S/C13H23N3O/c1-13(2,3)14-9-11-6-7-16(15-11)12-5-4-8-17-10-12/h6-7,12,14H,4-5,8-10H2,1-3H3. The van der Waals surface area contributed by atoms with Crippen LogP contribution in [0.1, 0.15) is 45.3 Å². The average Bonchev–Trinajstić information content (AvgIpc) is 2.75. The van der Waals surface area contributed by atoms with Crippen LogP contribution in [0.5, 0.6) is 0 Å². The Morgan fingerprint density at radius 2 is 2.35 bits per heavy atom. The van der Waals surface area contributed by atoms with Gasteiger partial charge in [-0.25, -0.2) is 0 Å². The van der Waals surface area contributed by atoms with Crippen LogP contribution in [0.4, 0.5) is 0 Å². The van der Waals surface area contributed by atoms with E-state index in [1.54, 1.807) is 0 Å². The molecule has 0 spiro atoms. The van der Waals surface area contributed by atoms with Crippen molar-refractivity contribution in [1.82, 2.24) is 15.1 Å². The lowest BCUT2D eigenvalue weighted by molar-refractivity contribution is 0.0548. The van der Waals surface area contributed by atoms with Crippen molar-refractivity contribution in [3.8, 4) is 0 Å². The van der Waals surface area contributed by atoms with Crippen molar-refractivity contribution >= 4 is 0 Å². The van der Waals surface area contributed by atoms with Crippen LogP contribution in [0, 0.1) is 0 Å². The third-order valence-corrected chi connectivity index (χ3v) is 2.97. The van der Waals surface area contributed by atoms with Gasteiger partial charge in [0.15, 0.2) is 0 Å². The van der Waals surface area contributed by atoms with E-state index in [1.165, 1.54) is 6.42 Å². The lowest BCUT2D eigenvalue weighted by atomic mass is 10.1. The van der Waals surface area contributed by atoms with Gasteiger partial charge in [0, 0.05) is 24.9 Å². The fourth-order valence-electron chi connectivity index (χ4n) is 1.96. The zero-order valence-corrected chi connectivity index (χ0v) is 11.1. The summed E-state index contributed by atoms with van der Waals surface area (Å²) in [5, 5.41) is 8.06. The van der Waals surface area contributed by atoms with Gasteiger partial charge < -0.3 is 10.1 Å². The molecular formula is C13H23N3O. The van der Waals surface area contributed by atoms with Crippen LogP contribution in [0.25, 0.3) is 0 Å². The summed E-state index contributed by atoms with van der Waals surface area (Å²) in [4.78, 5) is 0. The Labute approximate surface area is 103 Å². The largest absolute Gasteiger partial charge is 0.379 e. The summed E-state index contributed by atoms with van der Waals surface area (Å²) in [6, 6.07) is 2.51. The third-order valence-electron chi connectivity index (χ3n) is 2.97. The number of aromatic nitrogens is 2. The number of nitrogens with one attached hydrogen (secondary N) is 1. The molecule has 0 saturated carbocycles. The molecule has 1 fully saturated rings. The van der Waals surface area contributed by atoms with E-state index in [2.05, 4.69) is 48.1 Å². The highest BCUT2D eigenvalue weighted by Crippen LogP contribution is 2.18. The molecular weight excluding hydrogens is 214 g/mol. The quantitative estimate of drug-likeness (QED) is 0.875. The molecule has 1 aliphatic rings. The molecule has 1 atom stereocenters. The lowest BCUT2D eigenvalue weighted by Crippen LogP contribution is -2.35. The number of nitrogens with zero attached hydrogens (tertiary/aromatic N) is 2. The van der Waals surface area contributed by atoms with E-state index in [1.807, 2.05) is 0 Å². The number of ether oxygens (including phenoxy) is 1. The zero-order valence-electron chi connectivity index (χ0n) is 11.1. The van der Waals surface area contributed by atoms with Gasteiger partial charge >= 0.3 is 0 Å². The van der Waals surface area contributed by atoms with E-state index >= 15 is 0 Å². The lowest BCUT2D eigenvalue weighted by Gasteiger charge is -2.22. The molecule has 0 amide bonds. The van der Waals surface area contributed by atoms with Gasteiger partial charge in [-0.2, -0.15) is 5.10 Å². The fourth-order valence-corrected chi connectivity index (χ4v) is 1.96. The smallest absolute Gasteiger partial charge is 0.0762 e. The van der Waals surface area contributed by atoms with Crippen molar-refractivity contribution in [2.24, 2.45) is 0 Å². The number of hydrogen-bond donors (Lipinski definition) is 1. The first-order valence-electron chi connectivity index (χ1n) is 6.41. The summed E-state index contributed by atoms with van der Waals surface area (Å²) in [5.41, 5.74) is 1.24. The van der Waals surface area contributed by atoms with Crippen molar-refractivity contribution in [3.05, 3.63) is 18.0 Å². The summed E-state index contributed by atoms with van der Waals surface area (Å²) in [7, 11) is 0. The SMILES string of the molecule is CC(C)(C)NCc1ccn(C2CCCOC2)n1. The van der Waals surface area contributed by atoms with Gasteiger partial charge in [0.05, 0.1) is 18.3 Å². The molecule has 1 unspecified atom stereocenters. The molecule has 4 nitrogen and oxygen atoms in total. The second-order valence-electron chi connectivity index (χ2n) is 5.76. The Kier molecular flexibility index (Phi) is 3.84. The monoisotopic (exact) mass is 237 g/mol. The fraction of sp³-hybridized carbons (Fsp3) is 0.769. The molecule has 1 aromatic rings. The highest BCUT2D eigenvalue weighted by atomic mass is 16.5. The molecule has 0 bridgehead atoms. The van der Waals surface area contributed by atoms with Crippen LogP contribution in [0.2, 0.25) is 0 Å². The molecule has 0 radical (unpaired) electrons. The summed E-state index contributed by atoms with van der Waals surface area (Å²) < 4.78 is 7.54. The van der Waals surface area contributed by atoms with Crippen LogP contribution in [-0.2, 0) is 11.3 Å². The van der Waals surface area contributed by atoms with Crippen molar-refractivity contribution in [3.63, 3.8) is 0 Å². The summed E-state index contributed by atoms with van der Waals surface area (Å²) >= 11 is 0. The molecule has 1 N–H and O–H groups in total. The minimum Gasteiger partial charge on any atom is -0.379 e. The predicted molar refractivity (Wildman–Crippen MR) is 67.9 cm³/mol. The van der Waals surface area contributed by atoms with Crippen LogP contribution in [-0.4, -0.2) is 28.5 Å². The van der Waals surface area contributed by atoms with Gasteiger partial charge in [-0.05, 0) is 39.7 Å². The normalized spacial score (nSPS) is 21.7. The highest BCUT2D eigenvalue weighted by molar-refractivity contribution is 5.00. The maximum Gasteiger partial charge on any atom is 0.0762 e. The maximum atomic E-state index is 5.48. The van der Waals surface area contributed by atoms with E-state index in [0.717, 1.165) is 31.9 Å². The second-order valence-corrected chi connectivity index (χ2v) is 5.76. The first-order chi connectivity index (χ1) is 8.04. The molecule has 0 aliphatic carbocycles. The van der Waals surface area contributed by atoms with Gasteiger partial charge in [-0.1, -0.05) is 0 Å². The molecule has 2 rings (SSSR count). The van der Waals surface area contributed by atoms with Crippen LogP contribution < -0.4 is 5.32 Å². The van der Waals surface area contributed by atoms with Gasteiger partial charge in [0.25, 0.3) is 0 Å². The molecule has 1 aromatic heterocycles. The van der Waals surface area contributed by atoms with Gasteiger partial charge in [-0.15, -0.1) is 0 Å². The van der Waals surface area contributed by atoms with Gasteiger partial charge in [0.2, 0.25) is 0 Å². The van der Waals surface area contributed by atoms with E-state index in [0.29, 0.717) is 6.04 Å². The minimum atomic E-state index is 0.137. The van der Waals surface area contributed by atoms with Crippen LogP contribution in [0.15, 0.2) is 12.3 Å². The van der Waals surface area contributed by atoms with Gasteiger partial charge in [0.1, 0.15) is 0 Å². The predicted octanol–water partition coefficient (Wildman–Crippen LogP) is 2.12. The van der Waals surface area contributed by atoms with E-state index in [-0.39, 0.29) is 5.54 Å². The Morgan fingerprint density at radius 1 is 1.53 bits per heavy atom. The van der Waals surface area contributed by atoms with Crippen LogP contribution >= 0.6 is 0 Å². The van der Waals surface area contributed by atoms with Gasteiger partial charge in [-0.3, -0.25) is 4.68 Å². The summed E-state index contributed by atoms with van der Waals surface area (Å²) in [5.74, 6) is 0. The summed E-state index contributed by atoms with van der Waals surface area (Å²) in [6.07, 6.45) is 4.38. The van der Waals surface area contributed by atoms with Crippen molar-refractivity contribution in [2.45, 2.75) is 51.7 Å². The van der Waals surface area contributed by atoms with E-state index in [4.69, 9.17) is 4.74 Å². The van der Waals surface area contributed by atoms with Crippen molar-refractivity contribution < 1.29 is 4.74 Å². The Hall–Kier alpha value is -0.870. The first kappa shape index (κ1) is 12.6. The Balaban J connectivity index is 1.91. The zero-order chi connectivity index (χ0) is 12.3. The highest BCUT2D eigenvalue weighted by Gasteiger charge is 2.17. The van der Waals surface area contributed by atoms with E-state index in [9.17, 15) is 0 Å². The minimum absolute atomic E-state index is 0.137. The number of rotatable bonds is 3. The Bertz CT molecular complexity index is 348. The molecule has 1 aliphatic heterocycles. The summed E-state index contributed by atoms with van der Waals surface area (Å²) in [6.45, 7) is 9.02. The maximum absolute atomic E-state index is 5.48. The van der Waals surface area contributed by atoms with Crippen molar-refractivity contribution in [1.29, 1.82) is 0 Å². The second kappa shape index (κ2) is 5.19. The molecule has 17 heavy (non-hydrogen) atoms. The molecule has 0 aromatic carbocycles. The van der Waals surface area contributed by atoms with Crippen LogP contribution in [0.3, 0.4) is 0 Å². The molecule has 4 heteroatoms. The third kappa shape index (κ3) is 3.82.